The van der Waals surface area contributed by atoms with Crippen LogP contribution >= 0.6 is 21.6 Å². The van der Waals surface area contributed by atoms with E-state index in [0.29, 0.717) is 20.9 Å². The van der Waals surface area contributed by atoms with Gasteiger partial charge in [0.2, 0.25) is 0 Å². The number of hydrogen-bond donors (Lipinski definition) is 4. The van der Waals surface area contributed by atoms with Gasteiger partial charge in [-0.3, -0.25) is 0 Å². The molecule has 2 rings (SSSR count). The van der Waals surface area contributed by atoms with Gasteiger partial charge in [0.25, 0.3) is 0 Å². The number of benzene rings is 2. The summed E-state index contributed by atoms with van der Waals surface area (Å²) in [6.45, 7) is 3.59. The number of aliphatic hydroxyl groups is 2. The Labute approximate surface area is 150 Å². The molecule has 0 saturated carbocycles. The molecule has 0 aliphatic carbocycles. The average molecular weight is 367 g/mol. The van der Waals surface area contributed by atoms with Crippen molar-refractivity contribution in [2.75, 3.05) is 0 Å². The molecule has 0 aliphatic heterocycles. The molecule has 0 atom stereocenters. The van der Waals surface area contributed by atoms with Gasteiger partial charge < -0.3 is 20.4 Å². The van der Waals surface area contributed by atoms with Crippen molar-refractivity contribution in [1.82, 2.24) is 0 Å². The summed E-state index contributed by atoms with van der Waals surface area (Å²) >= 11 is 0. The van der Waals surface area contributed by atoms with Crippen LogP contribution in [0.5, 0.6) is 11.5 Å². The van der Waals surface area contributed by atoms with E-state index in [1.165, 1.54) is 21.6 Å². The van der Waals surface area contributed by atoms with Crippen LogP contribution in [0.4, 0.5) is 0 Å². The Kier molecular flexibility index (Phi) is 6.86. The second kappa shape index (κ2) is 8.67. The van der Waals surface area contributed by atoms with Gasteiger partial charge in [0.05, 0.1) is 23.0 Å². The van der Waals surface area contributed by atoms with Gasteiger partial charge in [-0.2, -0.15) is 0 Å². The Morgan fingerprint density at radius 1 is 0.708 bits per heavy atom. The highest BCUT2D eigenvalue weighted by Crippen LogP contribution is 2.47. The number of rotatable bonds is 7. The highest BCUT2D eigenvalue weighted by molar-refractivity contribution is 8.76. The smallest absolute Gasteiger partial charge is 0.135 e. The molecule has 0 aliphatic rings. The molecule has 24 heavy (non-hydrogen) atoms. The zero-order valence-electron chi connectivity index (χ0n) is 13.7. The predicted molar refractivity (Wildman–Crippen MR) is 98.5 cm³/mol. The fraction of sp³-hybridized carbons (Fsp3) is 0.333. The zero-order chi connectivity index (χ0) is 17.7. The lowest BCUT2D eigenvalue weighted by Gasteiger charge is -2.13. The maximum absolute atomic E-state index is 10.3. The van der Waals surface area contributed by atoms with E-state index in [1.807, 2.05) is 26.0 Å². The molecule has 2 aromatic carbocycles. The van der Waals surface area contributed by atoms with Gasteiger partial charge in [-0.05, 0) is 69.8 Å². The molecule has 4 nitrogen and oxygen atoms in total. The standard InChI is InChI=1S/C18H22O4S2/c1-3-11-5-13(9-19)17(21)15(7-11)23-24-16-8-12(4-2)6-14(10-20)18(16)22/h5-8,19-22H,3-4,9-10H2,1-2H3. The molecule has 0 saturated heterocycles. The van der Waals surface area contributed by atoms with Gasteiger partial charge in [-0.15, -0.1) is 0 Å². The number of aryl methyl sites for hydroxylation is 2. The van der Waals surface area contributed by atoms with Crippen molar-refractivity contribution in [3.8, 4) is 11.5 Å². The number of hydrogen-bond acceptors (Lipinski definition) is 6. The van der Waals surface area contributed by atoms with Crippen LogP contribution in [0, 0.1) is 0 Å². The Morgan fingerprint density at radius 2 is 1.08 bits per heavy atom. The summed E-state index contributed by atoms with van der Waals surface area (Å²) < 4.78 is 0. The third kappa shape index (κ3) is 4.19. The molecule has 4 N–H and O–H groups in total. The molecule has 0 unspecified atom stereocenters. The van der Waals surface area contributed by atoms with Crippen molar-refractivity contribution in [2.24, 2.45) is 0 Å². The summed E-state index contributed by atoms with van der Waals surface area (Å²) in [6, 6.07) is 7.37. The van der Waals surface area contributed by atoms with Crippen LogP contribution in [0.1, 0.15) is 36.1 Å². The number of aliphatic hydroxyl groups excluding tert-OH is 2. The fourth-order valence-corrected chi connectivity index (χ4v) is 4.62. The molecule has 0 fully saturated rings. The van der Waals surface area contributed by atoms with Crippen LogP contribution in [0.15, 0.2) is 34.1 Å². The van der Waals surface area contributed by atoms with E-state index in [0.717, 1.165) is 24.0 Å². The normalized spacial score (nSPS) is 11.0. The van der Waals surface area contributed by atoms with Crippen LogP contribution in [0.2, 0.25) is 0 Å². The third-order valence-corrected chi connectivity index (χ3v) is 6.20. The number of phenols is 2. The van der Waals surface area contributed by atoms with E-state index in [-0.39, 0.29) is 24.7 Å². The molecule has 0 radical (unpaired) electrons. The first-order valence-corrected chi connectivity index (χ1v) is 9.94. The van der Waals surface area contributed by atoms with Gasteiger partial charge in [-0.1, -0.05) is 13.8 Å². The lowest BCUT2D eigenvalue weighted by Crippen LogP contribution is -1.91. The number of aromatic hydroxyl groups is 2. The van der Waals surface area contributed by atoms with E-state index in [1.54, 1.807) is 12.1 Å². The summed E-state index contributed by atoms with van der Waals surface area (Å²) in [6.07, 6.45) is 1.60. The second-order valence-electron chi connectivity index (χ2n) is 5.39. The molecular formula is C18H22O4S2. The van der Waals surface area contributed by atoms with Crippen molar-refractivity contribution in [3.05, 3.63) is 46.5 Å². The lowest BCUT2D eigenvalue weighted by molar-refractivity contribution is 0.274. The minimum Gasteiger partial charge on any atom is -0.506 e. The first-order chi connectivity index (χ1) is 11.5. The molecular weight excluding hydrogens is 344 g/mol. The molecule has 0 amide bonds. The minimum absolute atomic E-state index is 0.0701. The SMILES string of the molecule is CCc1cc(CO)c(O)c(SSc2cc(CC)cc(CO)c2O)c1. The molecule has 0 bridgehead atoms. The topological polar surface area (TPSA) is 80.9 Å². The van der Waals surface area contributed by atoms with E-state index in [2.05, 4.69) is 0 Å². The van der Waals surface area contributed by atoms with Crippen molar-refractivity contribution < 1.29 is 20.4 Å². The van der Waals surface area contributed by atoms with Crippen molar-refractivity contribution >= 4 is 21.6 Å². The van der Waals surface area contributed by atoms with E-state index in [4.69, 9.17) is 0 Å². The van der Waals surface area contributed by atoms with Crippen LogP contribution < -0.4 is 0 Å². The summed E-state index contributed by atoms with van der Waals surface area (Å²) in [5.74, 6) is 0.140. The van der Waals surface area contributed by atoms with Gasteiger partial charge in [-0.25, -0.2) is 0 Å². The van der Waals surface area contributed by atoms with Gasteiger partial charge in [0, 0.05) is 11.1 Å². The fourth-order valence-electron chi connectivity index (χ4n) is 2.32. The molecule has 0 aromatic heterocycles. The van der Waals surface area contributed by atoms with Gasteiger partial charge in [0.1, 0.15) is 11.5 Å². The first-order valence-electron chi connectivity index (χ1n) is 7.79. The molecule has 0 heterocycles. The molecule has 2 aromatic rings. The Bertz CT molecular complexity index is 655. The van der Waals surface area contributed by atoms with E-state index < -0.39 is 0 Å². The highest BCUT2D eigenvalue weighted by atomic mass is 33.1. The second-order valence-corrected chi connectivity index (χ2v) is 7.61. The average Bonchev–Trinajstić information content (AvgIpc) is 2.61. The van der Waals surface area contributed by atoms with Crippen LogP contribution in [-0.2, 0) is 26.1 Å². The van der Waals surface area contributed by atoms with E-state index >= 15 is 0 Å². The molecule has 130 valence electrons. The van der Waals surface area contributed by atoms with Crippen LogP contribution in [0.25, 0.3) is 0 Å². The van der Waals surface area contributed by atoms with Gasteiger partial charge >= 0.3 is 0 Å². The first kappa shape index (κ1) is 19.0. The molecule has 0 spiro atoms. The zero-order valence-corrected chi connectivity index (χ0v) is 15.4. The largest absolute Gasteiger partial charge is 0.506 e. The highest BCUT2D eigenvalue weighted by Gasteiger charge is 2.14. The Balaban J connectivity index is 2.31. The molecule has 6 heteroatoms. The van der Waals surface area contributed by atoms with E-state index in [9.17, 15) is 20.4 Å². The van der Waals surface area contributed by atoms with Crippen molar-refractivity contribution in [1.29, 1.82) is 0 Å². The monoisotopic (exact) mass is 366 g/mol. The summed E-state index contributed by atoms with van der Waals surface area (Å²) in [7, 11) is 2.65. The summed E-state index contributed by atoms with van der Waals surface area (Å²) in [5.41, 5.74) is 3.06. The van der Waals surface area contributed by atoms with Crippen molar-refractivity contribution in [3.63, 3.8) is 0 Å². The van der Waals surface area contributed by atoms with Crippen LogP contribution in [-0.4, -0.2) is 20.4 Å². The maximum Gasteiger partial charge on any atom is 0.135 e. The summed E-state index contributed by atoms with van der Waals surface area (Å²) in [5, 5.41) is 39.3. The van der Waals surface area contributed by atoms with Crippen molar-refractivity contribution in [2.45, 2.75) is 49.7 Å². The lowest BCUT2D eigenvalue weighted by atomic mass is 10.1. The maximum atomic E-state index is 10.3. The predicted octanol–water partition coefficient (Wildman–Crippen LogP) is 4.01. The minimum atomic E-state index is -0.219. The van der Waals surface area contributed by atoms with Gasteiger partial charge in [0.15, 0.2) is 0 Å². The Hall–Kier alpha value is -1.34. The van der Waals surface area contributed by atoms with Crippen LogP contribution in [0.3, 0.4) is 0 Å². The quantitative estimate of drug-likeness (QED) is 0.555. The third-order valence-electron chi connectivity index (χ3n) is 3.81. The Morgan fingerprint density at radius 3 is 1.38 bits per heavy atom. The summed E-state index contributed by atoms with van der Waals surface area (Å²) in [4.78, 5) is 1.30.